The molecule has 1 aliphatic heterocycles. The van der Waals surface area contributed by atoms with E-state index in [-0.39, 0.29) is 6.04 Å². The number of methoxy groups -OCH3 is 2. The Morgan fingerprint density at radius 2 is 1.94 bits per heavy atom. The van der Waals surface area contributed by atoms with E-state index in [4.69, 9.17) is 20.1 Å². The predicted molar refractivity (Wildman–Crippen MR) is 68.5 cm³/mol. The standard InChI is InChI=1S/C13H20N2O3/c1-16-11-5-10(6-12(7-11)17-2)13(15-14)9-3-4-18-8-9/h5-7,9,13,15H,3-4,8,14H2,1-2H3. The Kier molecular flexibility index (Phi) is 4.41. The number of benzene rings is 1. The molecular weight excluding hydrogens is 232 g/mol. The van der Waals surface area contributed by atoms with E-state index >= 15 is 0 Å². The van der Waals surface area contributed by atoms with Crippen LogP contribution in [0.3, 0.4) is 0 Å². The molecule has 0 saturated carbocycles. The summed E-state index contributed by atoms with van der Waals surface area (Å²) in [5.74, 6) is 7.60. The highest BCUT2D eigenvalue weighted by atomic mass is 16.5. The molecule has 0 aliphatic carbocycles. The normalized spacial score (nSPS) is 20.7. The number of nitrogens with two attached hydrogens (primary N) is 1. The number of hydrazine groups is 1. The van der Waals surface area contributed by atoms with E-state index in [1.165, 1.54) is 0 Å². The lowest BCUT2D eigenvalue weighted by Crippen LogP contribution is -2.33. The van der Waals surface area contributed by atoms with Crippen molar-refractivity contribution in [1.29, 1.82) is 0 Å². The molecule has 2 unspecified atom stereocenters. The number of nitrogens with one attached hydrogen (secondary N) is 1. The van der Waals surface area contributed by atoms with Gasteiger partial charge in [-0.3, -0.25) is 11.3 Å². The predicted octanol–water partition coefficient (Wildman–Crippen LogP) is 1.24. The Hall–Kier alpha value is -1.30. The van der Waals surface area contributed by atoms with Crippen LogP contribution in [0.25, 0.3) is 0 Å². The third-order valence-corrected chi connectivity index (χ3v) is 3.35. The van der Waals surface area contributed by atoms with E-state index in [0.29, 0.717) is 5.92 Å². The number of rotatable bonds is 5. The van der Waals surface area contributed by atoms with Gasteiger partial charge in [-0.1, -0.05) is 0 Å². The maximum Gasteiger partial charge on any atom is 0.122 e. The van der Waals surface area contributed by atoms with Crippen LogP contribution in [-0.2, 0) is 4.74 Å². The van der Waals surface area contributed by atoms with Crippen LogP contribution in [0.4, 0.5) is 0 Å². The zero-order valence-corrected chi connectivity index (χ0v) is 10.8. The number of hydrogen-bond donors (Lipinski definition) is 2. The summed E-state index contributed by atoms with van der Waals surface area (Å²) >= 11 is 0. The Labute approximate surface area is 107 Å². The molecule has 2 rings (SSSR count). The fourth-order valence-electron chi connectivity index (χ4n) is 2.33. The molecule has 1 saturated heterocycles. The smallest absolute Gasteiger partial charge is 0.122 e. The third kappa shape index (κ3) is 2.75. The number of hydrogen-bond acceptors (Lipinski definition) is 5. The molecule has 0 bridgehead atoms. The van der Waals surface area contributed by atoms with Gasteiger partial charge in [0.2, 0.25) is 0 Å². The molecule has 5 nitrogen and oxygen atoms in total. The average Bonchev–Trinajstić information content (AvgIpc) is 2.93. The van der Waals surface area contributed by atoms with Crippen molar-refractivity contribution in [3.63, 3.8) is 0 Å². The lowest BCUT2D eigenvalue weighted by atomic mass is 9.92. The molecule has 100 valence electrons. The van der Waals surface area contributed by atoms with Gasteiger partial charge >= 0.3 is 0 Å². The maximum atomic E-state index is 5.68. The molecule has 0 amide bonds. The molecule has 0 radical (unpaired) electrons. The van der Waals surface area contributed by atoms with Crippen molar-refractivity contribution in [2.45, 2.75) is 12.5 Å². The fourth-order valence-corrected chi connectivity index (χ4v) is 2.33. The first-order valence-electron chi connectivity index (χ1n) is 6.05. The van der Waals surface area contributed by atoms with E-state index < -0.39 is 0 Å². The van der Waals surface area contributed by atoms with Gasteiger partial charge in [0.05, 0.1) is 26.9 Å². The molecule has 1 aromatic carbocycles. The van der Waals surface area contributed by atoms with Gasteiger partial charge in [0.25, 0.3) is 0 Å². The number of ether oxygens (including phenoxy) is 3. The molecule has 3 N–H and O–H groups in total. The van der Waals surface area contributed by atoms with Crippen LogP contribution >= 0.6 is 0 Å². The van der Waals surface area contributed by atoms with Gasteiger partial charge in [0.15, 0.2) is 0 Å². The zero-order chi connectivity index (χ0) is 13.0. The van der Waals surface area contributed by atoms with Gasteiger partial charge in [-0.05, 0) is 24.1 Å². The molecule has 1 aromatic rings. The largest absolute Gasteiger partial charge is 0.497 e. The Morgan fingerprint density at radius 3 is 2.39 bits per heavy atom. The molecule has 1 fully saturated rings. The van der Waals surface area contributed by atoms with Crippen LogP contribution in [0.1, 0.15) is 18.0 Å². The molecule has 18 heavy (non-hydrogen) atoms. The van der Waals surface area contributed by atoms with Crippen LogP contribution in [0, 0.1) is 5.92 Å². The highest BCUT2D eigenvalue weighted by Crippen LogP contribution is 2.32. The molecular formula is C13H20N2O3. The molecule has 0 aromatic heterocycles. The maximum absolute atomic E-state index is 5.68. The highest BCUT2D eigenvalue weighted by molar-refractivity contribution is 5.40. The van der Waals surface area contributed by atoms with Crippen LogP contribution in [0.2, 0.25) is 0 Å². The van der Waals surface area contributed by atoms with Crippen LogP contribution < -0.4 is 20.7 Å². The molecule has 1 aliphatic rings. The molecule has 5 heteroatoms. The van der Waals surface area contributed by atoms with Gasteiger partial charge in [-0.25, -0.2) is 0 Å². The highest BCUT2D eigenvalue weighted by Gasteiger charge is 2.27. The summed E-state index contributed by atoms with van der Waals surface area (Å²) in [7, 11) is 3.28. The second-order valence-corrected chi connectivity index (χ2v) is 4.41. The average molecular weight is 252 g/mol. The topological polar surface area (TPSA) is 65.7 Å². The van der Waals surface area contributed by atoms with E-state index in [9.17, 15) is 0 Å². The van der Waals surface area contributed by atoms with Crippen LogP contribution in [-0.4, -0.2) is 27.4 Å². The lowest BCUT2D eigenvalue weighted by molar-refractivity contribution is 0.176. The monoisotopic (exact) mass is 252 g/mol. The van der Waals surface area contributed by atoms with Crippen molar-refractivity contribution in [2.75, 3.05) is 27.4 Å². The Balaban J connectivity index is 2.28. The van der Waals surface area contributed by atoms with Crippen molar-refractivity contribution in [2.24, 2.45) is 11.8 Å². The summed E-state index contributed by atoms with van der Waals surface area (Å²) in [5, 5.41) is 0. The minimum Gasteiger partial charge on any atom is -0.497 e. The van der Waals surface area contributed by atoms with Crippen molar-refractivity contribution < 1.29 is 14.2 Å². The summed E-state index contributed by atoms with van der Waals surface area (Å²) in [6.45, 7) is 1.53. The van der Waals surface area contributed by atoms with Crippen LogP contribution in [0.5, 0.6) is 11.5 Å². The van der Waals surface area contributed by atoms with Gasteiger partial charge < -0.3 is 14.2 Å². The minimum atomic E-state index is 0.0523. The zero-order valence-electron chi connectivity index (χ0n) is 10.8. The van der Waals surface area contributed by atoms with E-state index in [0.717, 1.165) is 36.7 Å². The van der Waals surface area contributed by atoms with Crippen molar-refractivity contribution in [3.8, 4) is 11.5 Å². The summed E-state index contributed by atoms with van der Waals surface area (Å²) in [5.41, 5.74) is 3.93. The Morgan fingerprint density at radius 1 is 1.28 bits per heavy atom. The van der Waals surface area contributed by atoms with Crippen LogP contribution in [0.15, 0.2) is 18.2 Å². The lowest BCUT2D eigenvalue weighted by Gasteiger charge is -2.23. The Bertz CT molecular complexity index is 370. The van der Waals surface area contributed by atoms with Gasteiger partial charge in [0, 0.05) is 18.6 Å². The SMILES string of the molecule is COc1cc(OC)cc(C(NN)C2CCOC2)c1. The minimum absolute atomic E-state index is 0.0523. The van der Waals surface area contributed by atoms with E-state index in [1.807, 2.05) is 18.2 Å². The molecule has 2 atom stereocenters. The summed E-state index contributed by atoms with van der Waals surface area (Å²) < 4.78 is 16.0. The van der Waals surface area contributed by atoms with Gasteiger partial charge in [-0.15, -0.1) is 0 Å². The molecule has 1 heterocycles. The second-order valence-electron chi connectivity index (χ2n) is 4.41. The van der Waals surface area contributed by atoms with Gasteiger partial charge in [0.1, 0.15) is 11.5 Å². The third-order valence-electron chi connectivity index (χ3n) is 3.35. The first-order chi connectivity index (χ1) is 8.78. The van der Waals surface area contributed by atoms with Crippen molar-refractivity contribution in [1.82, 2.24) is 5.43 Å². The quantitative estimate of drug-likeness (QED) is 0.610. The van der Waals surface area contributed by atoms with Gasteiger partial charge in [-0.2, -0.15) is 0 Å². The molecule has 0 spiro atoms. The fraction of sp³-hybridized carbons (Fsp3) is 0.538. The summed E-state index contributed by atoms with van der Waals surface area (Å²) in [4.78, 5) is 0. The first-order valence-corrected chi connectivity index (χ1v) is 6.05. The summed E-state index contributed by atoms with van der Waals surface area (Å²) in [6.07, 6.45) is 1.01. The first kappa shape index (κ1) is 13.1. The summed E-state index contributed by atoms with van der Waals surface area (Å²) in [6, 6.07) is 5.86. The van der Waals surface area contributed by atoms with E-state index in [2.05, 4.69) is 5.43 Å². The van der Waals surface area contributed by atoms with E-state index in [1.54, 1.807) is 14.2 Å². The van der Waals surface area contributed by atoms with Crippen molar-refractivity contribution >= 4 is 0 Å². The van der Waals surface area contributed by atoms with Crippen molar-refractivity contribution in [3.05, 3.63) is 23.8 Å². The second kappa shape index (κ2) is 6.04.